The van der Waals surface area contributed by atoms with Gasteiger partial charge in [-0.2, -0.15) is 13.2 Å². The lowest BCUT2D eigenvalue weighted by Crippen LogP contribution is -2.08. The van der Waals surface area contributed by atoms with E-state index in [0.717, 1.165) is 19.1 Å². The van der Waals surface area contributed by atoms with Crippen LogP contribution in [0.4, 0.5) is 18.9 Å². The van der Waals surface area contributed by atoms with Crippen LogP contribution in [0.25, 0.3) is 0 Å². The van der Waals surface area contributed by atoms with Crippen LogP contribution in [0, 0.1) is 15.9 Å². The molecule has 0 N–H and O–H groups in total. The number of nitrogens with zero attached hydrogens (tertiary/aromatic N) is 1. The van der Waals surface area contributed by atoms with Crippen LogP contribution < -0.4 is 4.74 Å². The van der Waals surface area contributed by atoms with Crippen molar-refractivity contribution in [3.05, 3.63) is 33.6 Å². The summed E-state index contributed by atoms with van der Waals surface area (Å²) in [5, 5.41) is 10.5. The Morgan fingerprint density at radius 3 is 2.47 bits per heavy atom. The van der Waals surface area contributed by atoms with E-state index in [0.29, 0.717) is 0 Å². The summed E-state index contributed by atoms with van der Waals surface area (Å²) in [4.78, 5) is 20.2. The fraction of sp³-hybridized carbons (Fsp3) is 0.222. The van der Waals surface area contributed by atoms with Gasteiger partial charge < -0.3 is 4.74 Å². The van der Waals surface area contributed by atoms with Crippen molar-refractivity contribution in [2.45, 2.75) is 13.5 Å². The maximum atomic E-state index is 13.5. The van der Waals surface area contributed by atoms with E-state index < -0.39 is 40.1 Å². The Morgan fingerprint density at radius 1 is 1.47 bits per heavy atom. The molecule has 0 atom stereocenters. The van der Waals surface area contributed by atoms with E-state index in [4.69, 9.17) is 0 Å². The smallest absolute Gasteiger partial charge is 0.387 e. The van der Waals surface area contributed by atoms with E-state index in [-0.39, 0.29) is 0 Å². The Balaban J connectivity index is 3.39. The third kappa shape index (κ3) is 2.71. The molecule has 0 aromatic heterocycles. The second-order valence-corrected chi connectivity index (χ2v) is 2.97. The highest BCUT2D eigenvalue weighted by Gasteiger charge is 2.27. The second kappa shape index (κ2) is 4.81. The van der Waals surface area contributed by atoms with Crippen LogP contribution in [0.3, 0.4) is 0 Å². The van der Waals surface area contributed by atoms with Crippen molar-refractivity contribution >= 4 is 11.5 Å². The number of carbonyl (C=O) groups is 1. The van der Waals surface area contributed by atoms with Gasteiger partial charge in [-0.3, -0.25) is 14.9 Å². The predicted octanol–water partition coefficient (Wildman–Crippen LogP) is 2.54. The number of carbonyl (C=O) groups excluding carboxylic acids is 1. The van der Waals surface area contributed by atoms with Gasteiger partial charge in [-0.05, 0) is 19.1 Å². The van der Waals surface area contributed by atoms with Crippen molar-refractivity contribution < 1.29 is 27.6 Å². The van der Waals surface area contributed by atoms with E-state index in [1.54, 1.807) is 0 Å². The van der Waals surface area contributed by atoms with Gasteiger partial charge in [0.1, 0.15) is 0 Å². The van der Waals surface area contributed by atoms with E-state index in [1.807, 2.05) is 0 Å². The number of hydrogen-bond acceptors (Lipinski definition) is 4. The zero-order valence-electron chi connectivity index (χ0n) is 8.45. The molecule has 1 aromatic rings. The molecule has 0 saturated heterocycles. The summed E-state index contributed by atoms with van der Waals surface area (Å²) in [6, 6.07) is 1.60. The van der Waals surface area contributed by atoms with Crippen LogP contribution in [0.2, 0.25) is 0 Å². The van der Waals surface area contributed by atoms with E-state index in [2.05, 4.69) is 4.74 Å². The standard InChI is InChI=1S/C9H6F3NO4/c1-4(14)5-2-3-6(17-9(11)12)8(7(5)10)13(15)16/h2-3,9H,1H3. The summed E-state index contributed by atoms with van der Waals surface area (Å²) in [5.41, 5.74) is -1.84. The van der Waals surface area contributed by atoms with Gasteiger partial charge in [-0.1, -0.05) is 0 Å². The van der Waals surface area contributed by atoms with Crippen LogP contribution in [0.5, 0.6) is 5.75 Å². The number of halogens is 3. The van der Waals surface area contributed by atoms with Gasteiger partial charge in [0, 0.05) is 0 Å². The lowest BCUT2D eigenvalue weighted by atomic mass is 10.1. The molecule has 17 heavy (non-hydrogen) atoms. The maximum Gasteiger partial charge on any atom is 0.387 e. The molecule has 0 fully saturated rings. The molecule has 1 aromatic carbocycles. The molecule has 0 spiro atoms. The Labute approximate surface area is 93.0 Å². The first kappa shape index (κ1) is 12.9. The highest BCUT2D eigenvalue weighted by molar-refractivity contribution is 5.95. The van der Waals surface area contributed by atoms with Crippen molar-refractivity contribution in [3.63, 3.8) is 0 Å². The summed E-state index contributed by atoms with van der Waals surface area (Å²) >= 11 is 0. The fourth-order valence-corrected chi connectivity index (χ4v) is 1.18. The maximum absolute atomic E-state index is 13.5. The van der Waals surface area contributed by atoms with Crippen LogP contribution in [0.1, 0.15) is 17.3 Å². The largest absolute Gasteiger partial charge is 0.427 e. The number of nitro groups is 1. The summed E-state index contributed by atoms with van der Waals surface area (Å²) in [6.45, 7) is -2.33. The molecule has 92 valence electrons. The molecule has 0 heterocycles. The minimum atomic E-state index is -3.32. The Kier molecular flexibility index (Phi) is 3.66. The molecule has 8 heteroatoms. The van der Waals surface area contributed by atoms with Crippen molar-refractivity contribution in [1.82, 2.24) is 0 Å². The van der Waals surface area contributed by atoms with Crippen LogP contribution in [0.15, 0.2) is 12.1 Å². The number of ether oxygens (including phenoxy) is 1. The second-order valence-electron chi connectivity index (χ2n) is 2.97. The monoisotopic (exact) mass is 249 g/mol. The molecular formula is C9H6F3NO4. The average Bonchev–Trinajstić information content (AvgIpc) is 2.15. The minimum Gasteiger partial charge on any atom is -0.427 e. The Bertz CT molecular complexity index is 476. The third-order valence-electron chi connectivity index (χ3n) is 1.86. The summed E-state index contributed by atoms with van der Waals surface area (Å²) < 4.78 is 41.1. The van der Waals surface area contributed by atoms with Gasteiger partial charge in [-0.25, -0.2) is 0 Å². The molecule has 0 saturated carbocycles. The van der Waals surface area contributed by atoms with Gasteiger partial charge in [0.25, 0.3) is 0 Å². The number of rotatable bonds is 4. The lowest BCUT2D eigenvalue weighted by Gasteiger charge is -2.07. The lowest BCUT2D eigenvalue weighted by molar-refractivity contribution is -0.389. The average molecular weight is 249 g/mol. The normalized spacial score (nSPS) is 10.4. The van der Waals surface area contributed by atoms with Crippen LogP contribution in [-0.4, -0.2) is 17.3 Å². The molecule has 0 amide bonds. The topological polar surface area (TPSA) is 69.4 Å². The van der Waals surface area contributed by atoms with Crippen molar-refractivity contribution in [2.75, 3.05) is 0 Å². The van der Waals surface area contributed by atoms with E-state index in [1.165, 1.54) is 0 Å². The summed E-state index contributed by atoms with van der Waals surface area (Å²) in [5.74, 6) is -3.16. The van der Waals surface area contributed by atoms with Gasteiger partial charge in [0.05, 0.1) is 10.5 Å². The minimum absolute atomic E-state index is 0.557. The molecule has 0 bridgehead atoms. The van der Waals surface area contributed by atoms with Crippen molar-refractivity contribution in [1.29, 1.82) is 0 Å². The number of ketones is 1. The van der Waals surface area contributed by atoms with Crippen molar-refractivity contribution in [2.24, 2.45) is 0 Å². The molecule has 0 radical (unpaired) electrons. The first-order valence-corrected chi connectivity index (χ1v) is 4.27. The number of hydrogen-bond donors (Lipinski definition) is 0. The zero-order valence-corrected chi connectivity index (χ0v) is 8.45. The first-order chi connectivity index (χ1) is 7.84. The van der Waals surface area contributed by atoms with Gasteiger partial charge in [0.2, 0.25) is 11.6 Å². The highest BCUT2D eigenvalue weighted by Crippen LogP contribution is 2.33. The zero-order chi connectivity index (χ0) is 13.2. The van der Waals surface area contributed by atoms with E-state index >= 15 is 0 Å². The molecule has 0 unspecified atom stereocenters. The van der Waals surface area contributed by atoms with Gasteiger partial charge >= 0.3 is 12.3 Å². The SMILES string of the molecule is CC(=O)c1ccc(OC(F)F)c([N+](=O)[O-])c1F. The van der Waals surface area contributed by atoms with Crippen LogP contribution >= 0.6 is 0 Å². The summed E-state index contributed by atoms with van der Waals surface area (Å²) in [6.07, 6.45) is 0. The first-order valence-electron chi connectivity index (χ1n) is 4.27. The van der Waals surface area contributed by atoms with E-state index in [9.17, 15) is 28.1 Å². The predicted molar refractivity (Wildman–Crippen MR) is 49.7 cm³/mol. The number of benzene rings is 1. The number of Topliss-reactive ketones (excluding diaryl/α,β-unsaturated/α-hetero) is 1. The van der Waals surface area contributed by atoms with Crippen molar-refractivity contribution in [3.8, 4) is 5.75 Å². The number of alkyl halides is 2. The number of nitro benzene ring substituents is 1. The van der Waals surface area contributed by atoms with Gasteiger partial charge in [-0.15, -0.1) is 0 Å². The molecule has 0 aliphatic heterocycles. The summed E-state index contributed by atoms with van der Waals surface area (Å²) in [7, 11) is 0. The van der Waals surface area contributed by atoms with Crippen LogP contribution in [-0.2, 0) is 0 Å². The molecule has 5 nitrogen and oxygen atoms in total. The Morgan fingerprint density at radius 2 is 2.06 bits per heavy atom. The molecule has 0 aliphatic carbocycles. The molecule has 0 aliphatic rings. The third-order valence-corrected chi connectivity index (χ3v) is 1.86. The molecule has 1 rings (SSSR count). The quantitative estimate of drug-likeness (QED) is 0.467. The highest BCUT2D eigenvalue weighted by atomic mass is 19.3. The fourth-order valence-electron chi connectivity index (χ4n) is 1.18. The molecular weight excluding hydrogens is 243 g/mol. The van der Waals surface area contributed by atoms with Gasteiger partial charge in [0.15, 0.2) is 5.78 Å². The Hall–Kier alpha value is -2.12.